The van der Waals surface area contributed by atoms with E-state index >= 15 is 0 Å². The standard InChI is InChI=1S/C11H15Cl2N3O3S/c1-2-7(5-11(14)15-17)16-20(18,19)8-3-4-9(12)10(13)6-8/h3-4,6-7,16-17H,2,5H2,1H3,(H2,14,15). The number of sulfonamides is 1. The van der Waals surface area contributed by atoms with Gasteiger partial charge in [-0.2, -0.15) is 0 Å². The van der Waals surface area contributed by atoms with Crippen LogP contribution < -0.4 is 10.5 Å². The summed E-state index contributed by atoms with van der Waals surface area (Å²) >= 11 is 11.5. The van der Waals surface area contributed by atoms with Crippen LogP contribution >= 0.6 is 23.2 Å². The van der Waals surface area contributed by atoms with Crippen LogP contribution in [0.4, 0.5) is 0 Å². The van der Waals surface area contributed by atoms with Crippen molar-refractivity contribution >= 4 is 39.1 Å². The molecule has 6 nitrogen and oxygen atoms in total. The summed E-state index contributed by atoms with van der Waals surface area (Å²) in [5.41, 5.74) is 5.38. The first-order valence-electron chi connectivity index (χ1n) is 5.74. The molecule has 0 saturated carbocycles. The molecular weight excluding hydrogens is 325 g/mol. The van der Waals surface area contributed by atoms with Crippen LogP contribution in [-0.4, -0.2) is 25.5 Å². The summed E-state index contributed by atoms with van der Waals surface area (Å²) in [6, 6.07) is 3.54. The third-order valence-electron chi connectivity index (χ3n) is 2.60. The zero-order chi connectivity index (χ0) is 15.3. The topological polar surface area (TPSA) is 105 Å². The SMILES string of the molecule is CCC(CC(N)=NO)NS(=O)(=O)c1ccc(Cl)c(Cl)c1. The fourth-order valence-corrected chi connectivity index (χ4v) is 3.20. The van der Waals surface area contributed by atoms with Crippen LogP contribution in [0.3, 0.4) is 0 Å². The van der Waals surface area contributed by atoms with E-state index in [9.17, 15) is 8.42 Å². The van der Waals surface area contributed by atoms with Crippen LogP contribution in [0.25, 0.3) is 0 Å². The van der Waals surface area contributed by atoms with E-state index in [2.05, 4.69) is 9.88 Å². The van der Waals surface area contributed by atoms with Gasteiger partial charge in [0.2, 0.25) is 10.0 Å². The summed E-state index contributed by atoms with van der Waals surface area (Å²) in [6.07, 6.45) is 0.588. The van der Waals surface area contributed by atoms with Gasteiger partial charge in [0.1, 0.15) is 5.84 Å². The lowest BCUT2D eigenvalue weighted by Gasteiger charge is -2.16. The van der Waals surface area contributed by atoms with Crippen molar-refractivity contribution in [2.75, 3.05) is 0 Å². The number of amidine groups is 1. The smallest absolute Gasteiger partial charge is 0.240 e. The molecule has 9 heteroatoms. The maximum Gasteiger partial charge on any atom is 0.240 e. The summed E-state index contributed by atoms with van der Waals surface area (Å²) in [4.78, 5) is 0.00450. The average Bonchev–Trinajstić information content (AvgIpc) is 2.40. The van der Waals surface area contributed by atoms with Gasteiger partial charge in [0, 0.05) is 12.5 Å². The number of nitrogens with one attached hydrogen (secondary N) is 1. The molecule has 20 heavy (non-hydrogen) atoms. The normalized spacial score (nSPS) is 14.2. The molecule has 4 N–H and O–H groups in total. The van der Waals surface area contributed by atoms with Crippen molar-refractivity contribution in [3.05, 3.63) is 28.2 Å². The fourth-order valence-electron chi connectivity index (χ4n) is 1.49. The minimum Gasteiger partial charge on any atom is -0.409 e. The Bertz CT molecular complexity index is 605. The molecule has 0 aromatic heterocycles. The predicted octanol–water partition coefficient (Wildman–Crippen LogP) is 2.19. The van der Waals surface area contributed by atoms with Crippen molar-refractivity contribution < 1.29 is 13.6 Å². The third-order valence-corrected chi connectivity index (χ3v) is 4.86. The minimum absolute atomic E-state index is 0.00450. The number of benzene rings is 1. The Labute approximate surface area is 127 Å². The maximum atomic E-state index is 12.2. The molecule has 0 aliphatic rings. The second-order valence-electron chi connectivity index (χ2n) is 4.10. The van der Waals surface area contributed by atoms with Crippen LogP contribution in [-0.2, 0) is 10.0 Å². The number of nitrogens with zero attached hydrogens (tertiary/aromatic N) is 1. The van der Waals surface area contributed by atoms with E-state index < -0.39 is 16.1 Å². The zero-order valence-electron chi connectivity index (χ0n) is 10.7. The van der Waals surface area contributed by atoms with Crippen LogP contribution in [0.1, 0.15) is 19.8 Å². The molecule has 1 aromatic carbocycles. The Kier molecular flexibility index (Phi) is 6.07. The van der Waals surface area contributed by atoms with Gasteiger partial charge >= 0.3 is 0 Å². The van der Waals surface area contributed by atoms with Gasteiger partial charge in [0.05, 0.1) is 14.9 Å². The Morgan fingerprint density at radius 2 is 2.10 bits per heavy atom. The first-order valence-corrected chi connectivity index (χ1v) is 7.97. The molecule has 0 saturated heterocycles. The minimum atomic E-state index is -3.75. The lowest BCUT2D eigenvalue weighted by atomic mass is 10.1. The second-order valence-corrected chi connectivity index (χ2v) is 6.63. The van der Waals surface area contributed by atoms with E-state index in [0.29, 0.717) is 6.42 Å². The van der Waals surface area contributed by atoms with Crippen molar-refractivity contribution in [3.63, 3.8) is 0 Å². The number of hydrogen-bond donors (Lipinski definition) is 3. The van der Waals surface area contributed by atoms with Gasteiger partial charge in [-0.25, -0.2) is 13.1 Å². The van der Waals surface area contributed by atoms with E-state index in [1.54, 1.807) is 6.92 Å². The van der Waals surface area contributed by atoms with E-state index in [4.69, 9.17) is 34.1 Å². The quantitative estimate of drug-likeness (QED) is 0.319. The molecule has 1 aromatic rings. The number of oxime groups is 1. The molecule has 0 fully saturated rings. The highest BCUT2D eigenvalue weighted by molar-refractivity contribution is 7.89. The summed E-state index contributed by atoms with van der Waals surface area (Å²) in [6.45, 7) is 1.78. The Balaban J connectivity index is 2.95. The zero-order valence-corrected chi connectivity index (χ0v) is 13.0. The van der Waals surface area contributed by atoms with Crippen molar-refractivity contribution in [1.29, 1.82) is 0 Å². The second kappa shape index (κ2) is 7.12. The van der Waals surface area contributed by atoms with Crippen LogP contribution in [0, 0.1) is 0 Å². The fraction of sp³-hybridized carbons (Fsp3) is 0.364. The van der Waals surface area contributed by atoms with E-state index in [0.717, 1.165) is 0 Å². The van der Waals surface area contributed by atoms with Crippen LogP contribution in [0.5, 0.6) is 0 Å². The van der Waals surface area contributed by atoms with E-state index in [-0.39, 0.29) is 27.2 Å². The molecule has 1 atom stereocenters. The molecule has 112 valence electrons. The van der Waals surface area contributed by atoms with Gasteiger partial charge in [0.15, 0.2) is 0 Å². The summed E-state index contributed by atoms with van der Waals surface area (Å²) in [7, 11) is -3.75. The summed E-state index contributed by atoms with van der Waals surface area (Å²) in [5, 5.41) is 11.8. The van der Waals surface area contributed by atoms with Crippen LogP contribution in [0.2, 0.25) is 10.0 Å². The highest BCUT2D eigenvalue weighted by Crippen LogP contribution is 2.25. The molecule has 0 heterocycles. The number of hydrogen-bond acceptors (Lipinski definition) is 4. The Hall–Kier alpha value is -1.02. The average molecular weight is 340 g/mol. The van der Waals surface area contributed by atoms with Gasteiger partial charge in [-0.15, -0.1) is 0 Å². The van der Waals surface area contributed by atoms with Crippen molar-refractivity contribution in [1.82, 2.24) is 4.72 Å². The lowest BCUT2D eigenvalue weighted by molar-refractivity contribution is 0.316. The van der Waals surface area contributed by atoms with Crippen molar-refractivity contribution in [2.45, 2.75) is 30.7 Å². The molecule has 0 radical (unpaired) electrons. The van der Waals surface area contributed by atoms with E-state index in [1.165, 1.54) is 18.2 Å². The third kappa shape index (κ3) is 4.52. The molecule has 0 bridgehead atoms. The molecule has 0 amide bonds. The van der Waals surface area contributed by atoms with Crippen LogP contribution in [0.15, 0.2) is 28.3 Å². The predicted molar refractivity (Wildman–Crippen MR) is 78.9 cm³/mol. The number of halogens is 2. The highest BCUT2D eigenvalue weighted by Gasteiger charge is 2.20. The van der Waals surface area contributed by atoms with Gasteiger partial charge in [-0.05, 0) is 24.6 Å². The summed E-state index contributed by atoms with van der Waals surface area (Å²) < 4.78 is 26.8. The first-order chi connectivity index (χ1) is 9.30. The van der Waals surface area contributed by atoms with Crippen molar-refractivity contribution in [3.8, 4) is 0 Å². The van der Waals surface area contributed by atoms with Gasteiger partial charge in [-0.3, -0.25) is 0 Å². The van der Waals surface area contributed by atoms with E-state index in [1.807, 2.05) is 0 Å². The Morgan fingerprint density at radius 1 is 1.45 bits per heavy atom. The van der Waals surface area contributed by atoms with Gasteiger partial charge < -0.3 is 10.9 Å². The lowest BCUT2D eigenvalue weighted by Crippen LogP contribution is -2.37. The van der Waals surface area contributed by atoms with Gasteiger partial charge in [-0.1, -0.05) is 35.3 Å². The van der Waals surface area contributed by atoms with Gasteiger partial charge in [0.25, 0.3) is 0 Å². The molecular formula is C11H15Cl2N3O3S. The number of rotatable bonds is 6. The Morgan fingerprint density at radius 3 is 2.60 bits per heavy atom. The molecule has 0 aliphatic carbocycles. The highest BCUT2D eigenvalue weighted by atomic mass is 35.5. The largest absolute Gasteiger partial charge is 0.409 e. The molecule has 0 spiro atoms. The maximum absolute atomic E-state index is 12.2. The summed E-state index contributed by atoms with van der Waals surface area (Å²) in [5.74, 6) is -0.0475. The molecule has 1 unspecified atom stereocenters. The monoisotopic (exact) mass is 339 g/mol. The first kappa shape index (κ1) is 17.0. The van der Waals surface area contributed by atoms with Crippen molar-refractivity contribution in [2.24, 2.45) is 10.9 Å². The molecule has 0 aliphatic heterocycles. The number of nitrogens with two attached hydrogens (primary N) is 1. The molecule has 1 rings (SSSR count).